The minimum absolute atomic E-state index is 0.530. The number of benzene rings is 1. The maximum absolute atomic E-state index is 10.8. The predicted molar refractivity (Wildman–Crippen MR) is 57.8 cm³/mol. The molecule has 0 aliphatic carbocycles. The first-order valence-corrected chi connectivity index (χ1v) is 4.79. The van der Waals surface area contributed by atoms with Crippen LogP contribution in [0.2, 0.25) is 0 Å². The van der Waals surface area contributed by atoms with Crippen molar-refractivity contribution >= 4 is 21.9 Å². The molecule has 0 spiro atoms. The van der Waals surface area contributed by atoms with Gasteiger partial charge in [-0.25, -0.2) is 4.79 Å². The molecule has 1 aromatic carbocycles. The second-order valence-corrected chi connectivity index (χ2v) is 3.58. The second-order valence-electron chi connectivity index (χ2n) is 2.72. The Kier molecular flexibility index (Phi) is 3.73. The van der Waals surface area contributed by atoms with Crippen molar-refractivity contribution in [3.8, 4) is 11.8 Å². The van der Waals surface area contributed by atoms with Gasteiger partial charge in [-0.2, -0.15) is 0 Å². The quantitative estimate of drug-likeness (QED) is 0.523. The molecule has 1 rings (SSSR count). The summed E-state index contributed by atoms with van der Waals surface area (Å²) in [5.74, 6) is 4.56. The van der Waals surface area contributed by atoms with Crippen molar-refractivity contribution in [2.24, 2.45) is 0 Å². The Bertz CT molecular complexity index is 413. The van der Waals surface area contributed by atoms with E-state index in [2.05, 4.69) is 32.5 Å². The van der Waals surface area contributed by atoms with E-state index in [0.29, 0.717) is 0 Å². The van der Waals surface area contributed by atoms with E-state index in [1.807, 2.05) is 25.1 Å². The number of rotatable bonds is 0. The molecule has 0 atom stereocenters. The molecule has 0 saturated heterocycles. The Morgan fingerprint density at radius 3 is 2.79 bits per heavy atom. The predicted octanol–water partition coefficient (Wildman–Crippen LogP) is 2.28. The van der Waals surface area contributed by atoms with E-state index in [9.17, 15) is 4.79 Å². The van der Waals surface area contributed by atoms with Crippen LogP contribution in [0.25, 0.3) is 0 Å². The Balaban J connectivity index is 2.96. The lowest BCUT2D eigenvalue weighted by Crippen LogP contribution is -1.94. The number of carbonyl (C=O) groups excluding carboxylic acids is 1. The fourth-order valence-corrected chi connectivity index (χ4v) is 1.48. The number of aryl methyl sites for hydroxylation is 1. The van der Waals surface area contributed by atoms with Crippen molar-refractivity contribution < 1.29 is 9.53 Å². The molecule has 3 heteroatoms. The van der Waals surface area contributed by atoms with Gasteiger partial charge in [-0.15, -0.1) is 0 Å². The lowest BCUT2D eigenvalue weighted by Gasteiger charge is -1.96. The molecule has 72 valence electrons. The fourth-order valence-electron chi connectivity index (χ4n) is 0.891. The van der Waals surface area contributed by atoms with Crippen molar-refractivity contribution in [2.75, 3.05) is 7.11 Å². The maximum atomic E-state index is 10.8. The molecule has 0 aliphatic rings. The summed E-state index contributed by atoms with van der Waals surface area (Å²) in [4.78, 5) is 10.8. The van der Waals surface area contributed by atoms with Gasteiger partial charge in [0, 0.05) is 16.0 Å². The van der Waals surface area contributed by atoms with Crippen LogP contribution >= 0.6 is 15.9 Å². The summed E-state index contributed by atoms with van der Waals surface area (Å²) in [5, 5.41) is 0. The SMILES string of the molecule is COC(=O)C#Cc1ccc(C)cc1Br. The Morgan fingerprint density at radius 2 is 2.21 bits per heavy atom. The van der Waals surface area contributed by atoms with E-state index >= 15 is 0 Å². The van der Waals surface area contributed by atoms with Crippen LogP contribution in [0.1, 0.15) is 11.1 Å². The van der Waals surface area contributed by atoms with E-state index in [1.54, 1.807) is 0 Å². The summed E-state index contributed by atoms with van der Waals surface area (Å²) in [5.41, 5.74) is 1.92. The summed E-state index contributed by atoms with van der Waals surface area (Å²) in [6.45, 7) is 1.99. The molecule has 2 nitrogen and oxygen atoms in total. The average Bonchev–Trinajstić information content (AvgIpc) is 2.16. The van der Waals surface area contributed by atoms with E-state index in [0.717, 1.165) is 15.6 Å². The summed E-state index contributed by atoms with van der Waals surface area (Å²) < 4.78 is 5.29. The molecule has 0 fully saturated rings. The Hall–Kier alpha value is -1.27. The minimum Gasteiger partial charge on any atom is -0.459 e. The molecule has 0 saturated carbocycles. The zero-order valence-corrected chi connectivity index (χ0v) is 9.51. The van der Waals surface area contributed by atoms with Crippen LogP contribution in [0.4, 0.5) is 0 Å². The Labute approximate surface area is 91.4 Å². The highest BCUT2D eigenvalue weighted by atomic mass is 79.9. The van der Waals surface area contributed by atoms with Gasteiger partial charge in [-0.3, -0.25) is 0 Å². The fraction of sp³-hybridized carbons (Fsp3) is 0.182. The topological polar surface area (TPSA) is 26.3 Å². The normalized spacial score (nSPS) is 8.79. The number of methoxy groups -OCH3 is 1. The molecular weight excluding hydrogens is 244 g/mol. The van der Waals surface area contributed by atoms with Crippen LogP contribution < -0.4 is 0 Å². The number of esters is 1. The van der Waals surface area contributed by atoms with E-state index in [4.69, 9.17) is 0 Å². The van der Waals surface area contributed by atoms with Crippen LogP contribution in [0, 0.1) is 18.8 Å². The van der Waals surface area contributed by atoms with Crippen molar-refractivity contribution in [1.29, 1.82) is 0 Å². The zero-order valence-electron chi connectivity index (χ0n) is 7.93. The van der Waals surface area contributed by atoms with Crippen LogP contribution in [0.3, 0.4) is 0 Å². The molecule has 1 aromatic rings. The molecule has 0 aliphatic heterocycles. The summed E-state index contributed by atoms with van der Waals surface area (Å²) in [6, 6.07) is 5.74. The highest BCUT2D eigenvalue weighted by Crippen LogP contribution is 2.16. The Morgan fingerprint density at radius 1 is 1.50 bits per heavy atom. The first kappa shape index (κ1) is 10.8. The van der Waals surface area contributed by atoms with Crippen LogP contribution in [0.5, 0.6) is 0 Å². The van der Waals surface area contributed by atoms with Crippen LogP contribution in [-0.4, -0.2) is 13.1 Å². The van der Waals surface area contributed by atoms with Gasteiger partial charge >= 0.3 is 5.97 Å². The molecule has 0 unspecified atom stereocenters. The second kappa shape index (κ2) is 4.83. The first-order valence-electron chi connectivity index (χ1n) is 3.99. The lowest BCUT2D eigenvalue weighted by atomic mass is 10.1. The van der Waals surface area contributed by atoms with Crippen molar-refractivity contribution in [3.05, 3.63) is 33.8 Å². The van der Waals surface area contributed by atoms with Gasteiger partial charge in [0.15, 0.2) is 0 Å². The number of ether oxygens (including phenoxy) is 1. The molecule has 0 heterocycles. The molecule has 0 aromatic heterocycles. The third-order valence-corrected chi connectivity index (χ3v) is 2.27. The number of hydrogen-bond donors (Lipinski definition) is 0. The molecule has 0 amide bonds. The van der Waals surface area contributed by atoms with Gasteiger partial charge in [-0.05, 0) is 40.5 Å². The monoisotopic (exact) mass is 252 g/mol. The van der Waals surface area contributed by atoms with Crippen molar-refractivity contribution in [2.45, 2.75) is 6.92 Å². The van der Waals surface area contributed by atoms with Crippen molar-refractivity contribution in [3.63, 3.8) is 0 Å². The maximum Gasteiger partial charge on any atom is 0.384 e. The highest BCUT2D eigenvalue weighted by molar-refractivity contribution is 9.10. The van der Waals surface area contributed by atoms with Crippen molar-refractivity contribution in [1.82, 2.24) is 0 Å². The molecule has 0 bridgehead atoms. The third kappa shape index (κ3) is 2.90. The van der Waals surface area contributed by atoms with Gasteiger partial charge in [0.25, 0.3) is 0 Å². The first-order chi connectivity index (χ1) is 6.63. The lowest BCUT2D eigenvalue weighted by molar-refractivity contribution is -0.133. The zero-order chi connectivity index (χ0) is 10.6. The molecule has 0 radical (unpaired) electrons. The molecule has 14 heavy (non-hydrogen) atoms. The molecular formula is C11H9BrO2. The van der Waals surface area contributed by atoms with E-state index < -0.39 is 5.97 Å². The average molecular weight is 253 g/mol. The summed E-state index contributed by atoms with van der Waals surface area (Å²) in [6.07, 6.45) is 0. The van der Waals surface area contributed by atoms with Gasteiger partial charge in [0.05, 0.1) is 7.11 Å². The van der Waals surface area contributed by atoms with Gasteiger partial charge in [-0.1, -0.05) is 12.0 Å². The highest BCUT2D eigenvalue weighted by Gasteiger charge is 1.96. The summed E-state index contributed by atoms with van der Waals surface area (Å²) >= 11 is 3.36. The standard InChI is InChI=1S/C11H9BrO2/c1-8-3-4-9(10(12)7-8)5-6-11(13)14-2/h3-4,7H,1-2H3. The van der Waals surface area contributed by atoms with Gasteiger partial charge in [0.2, 0.25) is 0 Å². The smallest absolute Gasteiger partial charge is 0.384 e. The van der Waals surface area contributed by atoms with Crippen LogP contribution in [-0.2, 0) is 9.53 Å². The third-order valence-electron chi connectivity index (χ3n) is 1.61. The molecule has 0 N–H and O–H groups in total. The summed E-state index contributed by atoms with van der Waals surface area (Å²) in [7, 11) is 1.31. The van der Waals surface area contributed by atoms with Gasteiger partial charge in [0.1, 0.15) is 0 Å². The largest absolute Gasteiger partial charge is 0.459 e. The van der Waals surface area contributed by atoms with E-state index in [-0.39, 0.29) is 0 Å². The number of carbonyl (C=O) groups is 1. The number of hydrogen-bond acceptors (Lipinski definition) is 2. The van der Waals surface area contributed by atoms with Crippen LogP contribution in [0.15, 0.2) is 22.7 Å². The van der Waals surface area contributed by atoms with Gasteiger partial charge < -0.3 is 4.74 Å². The van der Waals surface area contributed by atoms with E-state index in [1.165, 1.54) is 7.11 Å². The minimum atomic E-state index is -0.530. The number of halogens is 1.